The summed E-state index contributed by atoms with van der Waals surface area (Å²) in [6, 6.07) is 22.0. The summed E-state index contributed by atoms with van der Waals surface area (Å²) in [7, 11) is 3.30. The molecule has 4 N–H and O–H groups in total. The molecule has 0 amide bonds. The monoisotopic (exact) mass is 552 g/mol. The van der Waals surface area contributed by atoms with Crippen molar-refractivity contribution in [1.29, 1.82) is 0 Å². The van der Waals surface area contributed by atoms with Crippen LogP contribution in [0.3, 0.4) is 0 Å². The molecule has 0 radical (unpaired) electrons. The molecule has 214 valence electrons. The van der Waals surface area contributed by atoms with Gasteiger partial charge in [0.05, 0.1) is 14.2 Å². The highest BCUT2D eigenvalue weighted by atomic mass is 16.5. The van der Waals surface area contributed by atoms with Crippen molar-refractivity contribution in [3.63, 3.8) is 0 Å². The predicted octanol–water partition coefficient (Wildman–Crippen LogP) is 6.92. The molecule has 2 aliphatic carbocycles. The van der Waals surface area contributed by atoms with Crippen LogP contribution in [-0.2, 0) is 6.54 Å². The number of rotatable bonds is 10. The molecular weight excluding hydrogens is 512 g/mol. The van der Waals surface area contributed by atoms with E-state index in [9.17, 15) is 10.2 Å². The van der Waals surface area contributed by atoms with Crippen LogP contribution in [0.25, 0.3) is 16.7 Å². The second kappa shape index (κ2) is 13.6. The fraction of sp³-hybridized carbons (Fsp3) is 0.314. The van der Waals surface area contributed by atoms with Gasteiger partial charge in [0, 0.05) is 59.4 Å². The van der Waals surface area contributed by atoms with Crippen molar-refractivity contribution < 1.29 is 19.7 Å². The van der Waals surface area contributed by atoms with E-state index in [0.29, 0.717) is 31.3 Å². The first-order valence-corrected chi connectivity index (χ1v) is 14.4. The minimum atomic E-state index is 0.285. The molecule has 0 aromatic heterocycles. The minimum Gasteiger partial charge on any atom is -0.511 e. The molecule has 6 nitrogen and oxygen atoms in total. The van der Waals surface area contributed by atoms with Crippen molar-refractivity contribution in [3.05, 3.63) is 107 Å². The number of phenolic OH excluding ortho intramolecular Hbond substituents is 1. The second-order valence-corrected chi connectivity index (χ2v) is 10.7. The van der Waals surface area contributed by atoms with Crippen LogP contribution in [0.4, 0.5) is 0 Å². The van der Waals surface area contributed by atoms with E-state index in [0.717, 1.165) is 57.7 Å². The smallest absolute Gasteiger partial charge is 0.128 e. The van der Waals surface area contributed by atoms with E-state index in [1.165, 1.54) is 12.8 Å². The molecule has 1 unspecified atom stereocenters. The molecule has 0 aliphatic heterocycles. The van der Waals surface area contributed by atoms with Crippen molar-refractivity contribution in [2.75, 3.05) is 20.8 Å². The van der Waals surface area contributed by atoms with Gasteiger partial charge in [0.1, 0.15) is 23.0 Å². The molecule has 3 aromatic carbocycles. The van der Waals surface area contributed by atoms with Crippen molar-refractivity contribution in [2.24, 2.45) is 0 Å². The Bertz CT molecular complexity index is 1440. The fourth-order valence-corrected chi connectivity index (χ4v) is 5.92. The Morgan fingerprint density at radius 3 is 2.05 bits per heavy atom. The van der Waals surface area contributed by atoms with Crippen LogP contribution in [0.2, 0.25) is 0 Å². The second-order valence-electron chi connectivity index (χ2n) is 10.7. The van der Waals surface area contributed by atoms with Gasteiger partial charge in [-0.1, -0.05) is 85.7 Å². The van der Waals surface area contributed by atoms with E-state index < -0.39 is 0 Å². The number of benzene rings is 3. The van der Waals surface area contributed by atoms with E-state index in [-0.39, 0.29) is 11.8 Å². The number of hydrogen-bond acceptors (Lipinski definition) is 6. The predicted molar refractivity (Wildman–Crippen MR) is 165 cm³/mol. The van der Waals surface area contributed by atoms with Crippen molar-refractivity contribution in [3.8, 4) is 28.4 Å². The highest BCUT2D eigenvalue weighted by molar-refractivity contribution is 5.80. The van der Waals surface area contributed by atoms with Gasteiger partial charge in [-0.15, -0.1) is 0 Å². The summed E-state index contributed by atoms with van der Waals surface area (Å²) >= 11 is 0. The van der Waals surface area contributed by atoms with Gasteiger partial charge >= 0.3 is 0 Å². The highest BCUT2D eigenvalue weighted by Gasteiger charge is 2.25. The summed E-state index contributed by atoms with van der Waals surface area (Å²) in [5.41, 5.74) is 5.34. The molecule has 0 saturated heterocycles. The third-order valence-electron chi connectivity index (χ3n) is 8.13. The number of methoxy groups -OCH3 is 2. The van der Waals surface area contributed by atoms with Crippen LogP contribution >= 0.6 is 0 Å². The average Bonchev–Trinajstić information content (AvgIpc) is 3.20. The summed E-state index contributed by atoms with van der Waals surface area (Å²) in [5.74, 6) is 2.12. The fourth-order valence-electron chi connectivity index (χ4n) is 5.92. The van der Waals surface area contributed by atoms with Gasteiger partial charge in [-0.05, 0) is 30.5 Å². The molecule has 0 spiro atoms. The zero-order valence-corrected chi connectivity index (χ0v) is 23.9. The largest absolute Gasteiger partial charge is 0.511 e. The number of para-hydroxylation sites is 3. The lowest BCUT2D eigenvalue weighted by atomic mass is 9.89. The quantitative estimate of drug-likeness (QED) is 0.219. The van der Waals surface area contributed by atoms with E-state index in [2.05, 4.69) is 16.7 Å². The van der Waals surface area contributed by atoms with Crippen LogP contribution in [0, 0.1) is 0 Å². The topological polar surface area (TPSA) is 83.0 Å². The Labute approximate surface area is 243 Å². The lowest BCUT2D eigenvalue weighted by Gasteiger charge is -2.33. The Kier molecular flexibility index (Phi) is 9.44. The molecule has 2 aliphatic rings. The molecule has 3 aromatic rings. The Morgan fingerprint density at radius 2 is 1.34 bits per heavy atom. The molecule has 6 heteroatoms. The Balaban J connectivity index is 1.23. The third-order valence-corrected chi connectivity index (χ3v) is 8.13. The number of ether oxygens (including phenoxy) is 2. The first-order chi connectivity index (χ1) is 20.1. The number of aromatic hydroxyl groups is 1. The van der Waals surface area contributed by atoms with Gasteiger partial charge in [-0.25, -0.2) is 0 Å². The van der Waals surface area contributed by atoms with E-state index in [1.54, 1.807) is 14.2 Å². The molecule has 1 saturated carbocycles. The van der Waals surface area contributed by atoms with E-state index in [1.807, 2.05) is 78.9 Å². The van der Waals surface area contributed by atoms with Gasteiger partial charge in [0.25, 0.3) is 0 Å². The maximum Gasteiger partial charge on any atom is 0.128 e. The first kappa shape index (κ1) is 28.5. The van der Waals surface area contributed by atoms with Crippen molar-refractivity contribution in [1.82, 2.24) is 10.6 Å². The van der Waals surface area contributed by atoms with E-state index >= 15 is 0 Å². The highest BCUT2D eigenvalue weighted by Crippen LogP contribution is 2.38. The summed E-state index contributed by atoms with van der Waals surface area (Å²) < 4.78 is 11.0. The SMILES string of the molecule is COc1ccccc1C1=C(O)CC(CN[C@@H]2CCCCC2NCc2cccc(-c3ccccc3OC)c2O)=CC=C1. The molecule has 0 bridgehead atoms. The van der Waals surface area contributed by atoms with Gasteiger partial charge in [0.15, 0.2) is 0 Å². The van der Waals surface area contributed by atoms with Crippen LogP contribution in [0.15, 0.2) is 96.3 Å². The van der Waals surface area contributed by atoms with Crippen LogP contribution in [0.5, 0.6) is 17.2 Å². The molecule has 0 heterocycles. The van der Waals surface area contributed by atoms with Gasteiger partial charge in [-0.2, -0.15) is 0 Å². The Morgan fingerprint density at radius 1 is 0.732 bits per heavy atom. The van der Waals surface area contributed by atoms with Crippen LogP contribution < -0.4 is 20.1 Å². The zero-order chi connectivity index (χ0) is 28.6. The molecule has 2 atom stereocenters. The molecule has 5 rings (SSSR count). The first-order valence-electron chi connectivity index (χ1n) is 14.4. The van der Waals surface area contributed by atoms with Crippen LogP contribution in [0.1, 0.15) is 43.2 Å². The zero-order valence-electron chi connectivity index (χ0n) is 23.9. The van der Waals surface area contributed by atoms with Gasteiger partial charge in [-0.3, -0.25) is 0 Å². The normalized spacial score (nSPS) is 19.0. The summed E-state index contributed by atoms with van der Waals surface area (Å²) in [6.45, 7) is 1.28. The standard InChI is InChI=1S/C35H40N2O4/c1-40-33-19-7-3-13-27(33)26-15-9-11-24(21-32(26)38)22-36-30-17-5-6-18-31(30)37-23-25-12-10-16-29(35(25)39)28-14-4-8-20-34(28)41-2/h3-4,7-16,19-20,30-31,36-39H,5-6,17-18,21-23H2,1-2H3/t30-,31?/m1/s1. The van der Waals surface area contributed by atoms with Crippen LogP contribution in [-0.4, -0.2) is 43.1 Å². The molecular formula is C35H40N2O4. The number of allylic oxidation sites excluding steroid dienone is 5. The maximum absolute atomic E-state index is 11.2. The summed E-state index contributed by atoms with van der Waals surface area (Å²) in [4.78, 5) is 0. The molecule has 41 heavy (non-hydrogen) atoms. The van der Waals surface area contributed by atoms with Crippen molar-refractivity contribution >= 4 is 5.57 Å². The average molecular weight is 553 g/mol. The van der Waals surface area contributed by atoms with Gasteiger partial charge in [0.2, 0.25) is 0 Å². The lowest BCUT2D eigenvalue weighted by molar-refractivity contribution is 0.285. The molecule has 1 fully saturated rings. The number of phenols is 1. The number of nitrogens with one attached hydrogen (secondary N) is 2. The van der Waals surface area contributed by atoms with Gasteiger partial charge < -0.3 is 30.3 Å². The summed E-state index contributed by atoms with van der Waals surface area (Å²) in [6.07, 6.45) is 11.1. The number of aliphatic hydroxyl groups excluding tert-OH is 1. The summed E-state index contributed by atoms with van der Waals surface area (Å²) in [5, 5.41) is 29.7. The Hall–Kier alpha value is -4.00. The van der Waals surface area contributed by atoms with Crippen molar-refractivity contribution in [2.45, 2.75) is 50.7 Å². The minimum absolute atomic E-state index is 0.285. The van der Waals surface area contributed by atoms with E-state index in [4.69, 9.17) is 9.47 Å². The number of hydrogen-bond donors (Lipinski definition) is 4. The number of aliphatic hydroxyl groups is 1. The third kappa shape index (κ3) is 6.67. The maximum atomic E-state index is 11.2. The lowest BCUT2D eigenvalue weighted by Crippen LogP contribution is -2.50.